The molecule has 5 rings (SSSR count). The number of aliphatic hydroxyl groups is 1. The van der Waals surface area contributed by atoms with E-state index in [0.717, 1.165) is 42.1 Å². The highest BCUT2D eigenvalue weighted by atomic mass is 16.3. The van der Waals surface area contributed by atoms with Gasteiger partial charge in [-0.3, -0.25) is 9.48 Å². The third kappa shape index (κ3) is 2.87. The summed E-state index contributed by atoms with van der Waals surface area (Å²) in [5.74, 6) is 0.0557. The highest BCUT2D eigenvalue weighted by molar-refractivity contribution is 6.05. The molecule has 1 amide bonds. The molecule has 1 aromatic heterocycles. The highest BCUT2D eigenvalue weighted by Crippen LogP contribution is 2.47. The van der Waals surface area contributed by atoms with Crippen molar-refractivity contribution in [3.63, 3.8) is 0 Å². The highest BCUT2D eigenvalue weighted by Gasteiger charge is 2.50. The van der Waals surface area contributed by atoms with E-state index in [2.05, 4.69) is 5.10 Å². The van der Waals surface area contributed by atoms with Gasteiger partial charge in [0.05, 0.1) is 11.1 Å². The van der Waals surface area contributed by atoms with Crippen LogP contribution in [0.25, 0.3) is 10.9 Å². The third-order valence-electron chi connectivity index (χ3n) is 6.97. The first kappa shape index (κ1) is 18.4. The minimum Gasteiger partial charge on any atom is -0.385 e. The predicted molar refractivity (Wildman–Crippen MR) is 112 cm³/mol. The Morgan fingerprint density at radius 1 is 1.07 bits per heavy atom. The minimum absolute atomic E-state index is 0.00573. The molecule has 1 aliphatic carbocycles. The fraction of sp³-hybridized carbons (Fsp3) is 0.417. The van der Waals surface area contributed by atoms with E-state index in [9.17, 15) is 9.90 Å². The first-order chi connectivity index (χ1) is 14.1. The zero-order valence-corrected chi connectivity index (χ0v) is 16.8. The summed E-state index contributed by atoms with van der Waals surface area (Å²) < 4.78 is 1.78. The molecule has 2 aromatic carbocycles. The van der Waals surface area contributed by atoms with Crippen molar-refractivity contribution in [2.75, 3.05) is 6.54 Å². The van der Waals surface area contributed by atoms with Crippen molar-refractivity contribution in [2.24, 2.45) is 13.0 Å². The molecular weight excluding hydrogens is 362 g/mol. The normalized spacial score (nSPS) is 27.0. The third-order valence-corrected chi connectivity index (χ3v) is 6.97. The van der Waals surface area contributed by atoms with Crippen LogP contribution < -0.4 is 0 Å². The van der Waals surface area contributed by atoms with Crippen LogP contribution >= 0.6 is 0 Å². The number of rotatable bonds is 2. The Kier molecular flexibility index (Phi) is 4.43. The summed E-state index contributed by atoms with van der Waals surface area (Å²) in [4.78, 5) is 15.6. The number of para-hydroxylation sites is 1. The lowest BCUT2D eigenvalue weighted by Crippen LogP contribution is -2.59. The van der Waals surface area contributed by atoms with Crippen molar-refractivity contribution in [2.45, 2.75) is 43.7 Å². The second-order valence-electron chi connectivity index (χ2n) is 8.49. The van der Waals surface area contributed by atoms with E-state index in [4.69, 9.17) is 0 Å². The van der Waals surface area contributed by atoms with Crippen LogP contribution in [0.1, 0.15) is 48.2 Å². The van der Waals surface area contributed by atoms with Gasteiger partial charge in [-0.25, -0.2) is 0 Å². The van der Waals surface area contributed by atoms with E-state index in [0.29, 0.717) is 18.7 Å². The Morgan fingerprint density at radius 2 is 1.79 bits per heavy atom. The van der Waals surface area contributed by atoms with Crippen molar-refractivity contribution in [3.05, 3.63) is 65.9 Å². The van der Waals surface area contributed by atoms with E-state index in [1.165, 1.54) is 0 Å². The van der Waals surface area contributed by atoms with Gasteiger partial charge in [0.2, 0.25) is 0 Å². The molecule has 3 aromatic rings. The second-order valence-corrected chi connectivity index (χ2v) is 8.49. The molecule has 2 aliphatic rings. The van der Waals surface area contributed by atoms with Crippen molar-refractivity contribution < 1.29 is 9.90 Å². The lowest BCUT2D eigenvalue weighted by Gasteiger charge is -2.52. The molecule has 2 fully saturated rings. The zero-order chi connectivity index (χ0) is 20.0. The fourth-order valence-corrected chi connectivity index (χ4v) is 5.53. The Labute approximate surface area is 170 Å². The van der Waals surface area contributed by atoms with Crippen LogP contribution in [0.2, 0.25) is 0 Å². The van der Waals surface area contributed by atoms with Crippen LogP contribution in [0.3, 0.4) is 0 Å². The largest absolute Gasteiger partial charge is 0.385 e. The van der Waals surface area contributed by atoms with Crippen LogP contribution in [-0.2, 0) is 12.6 Å². The van der Waals surface area contributed by atoms with Crippen molar-refractivity contribution in [3.8, 4) is 0 Å². The van der Waals surface area contributed by atoms with Gasteiger partial charge in [-0.05, 0) is 30.9 Å². The van der Waals surface area contributed by atoms with Gasteiger partial charge in [-0.15, -0.1) is 0 Å². The van der Waals surface area contributed by atoms with E-state index in [1.807, 2.05) is 66.5 Å². The summed E-state index contributed by atoms with van der Waals surface area (Å²) in [6, 6.07) is 17.9. The van der Waals surface area contributed by atoms with E-state index in [1.54, 1.807) is 4.68 Å². The van der Waals surface area contributed by atoms with Crippen LogP contribution in [0.5, 0.6) is 0 Å². The number of piperidine rings is 1. The lowest BCUT2D eigenvalue weighted by molar-refractivity contribution is -0.110. The molecule has 5 heteroatoms. The molecule has 29 heavy (non-hydrogen) atoms. The Balaban J connectivity index is 1.51. The van der Waals surface area contributed by atoms with Crippen molar-refractivity contribution >= 4 is 16.8 Å². The fourth-order valence-electron chi connectivity index (χ4n) is 5.53. The number of fused-ring (bicyclic) bond motifs is 2. The molecule has 0 radical (unpaired) electrons. The molecule has 1 aliphatic heterocycles. The number of hydrogen-bond donors (Lipinski definition) is 1. The standard InChI is InChI=1S/C24H27N3O2/c1-26-20-13-7-5-11-18(20)22(25-26)23(28)27-16-15-24(29,17-9-3-2-4-10-17)19-12-6-8-14-21(19)27/h2-5,7,9-11,13,19,21,29H,6,8,12,14-16H2,1H3/t19-,21+,24?/m0/s1. The van der Waals surface area contributed by atoms with E-state index >= 15 is 0 Å². The monoisotopic (exact) mass is 389 g/mol. The summed E-state index contributed by atoms with van der Waals surface area (Å²) in [7, 11) is 1.88. The zero-order valence-electron chi connectivity index (χ0n) is 16.8. The first-order valence-electron chi connectivity index (χ1n) is 10.6. The SMILES string of the molecule is Cn1nc(C(=O)N2CCC(O)(c3ccccc3)[C@H]3CCCC[C@H]32)c2ccccc21. The molecule has 1 saturated carbocycles. The number of likely N-dealkylation sites (tertiary alicyclic amines) is 1. The average Bonchev–Trinajstić information content (AvgIpc) is 3.11. The van der Waals surface area contributed by atoms with Gasteiger partial charge in [0.15, 0.2) is 5.69 Å². The molecule has 1 N–H and O–H groups in total. The molecule has 2 heterocycles. The minimum atomic E-state index is -0.866. The number of aromatic nitrogens is 2. The number of amides is 1. The van der Waals surface area contributed by atoms with Gasteiger partial charge in [0.1, 0.15) is 0 Å². The van der Waals surface area contributed by atoms with Gasteiger partial charge >= 0.3 is 0 Å². The quantitative estimate of drug-likeness (QED) is 0.724. The second kappa shape index (κ2) is 6.99. The Bertz CT molecular complexity index is 1040. The maximum absolute atomic E-state index is 13.6. The molecule has 0 bridgehead atoms. The summed E-state index contributed by atoms with van der Waals surface area (Å²) >= 11 is 0. The number of aryl methyl sites for hydroxylation is 1. The van der Waals surface area contributed by atoms with Crippen LogP contribution in [0, 0.1) is 5.92 Å². The molecule has 1 unspecified atom stereocenters. The van der Waals surface area contributed by atoms with Gasteiger partial charge < -0.3 is 10.0 Å². The van der Waals surface area contributed by atoms with Gasteiger partial charge in [0, 0.05) is 30.9 Å². The first-order valence-corrected chi connectivity index (χ1v) is 10.6. The molecule has 3 atom stereocenters. The maximum atomic E-state index is 13.6. The summed E-state index contributed by atoms with van der Waals surface area (Å²) in [5, 5.41) is 17.2. The average molecular weight is 389 g/mol. The predicted octanol–water partition coefficient (Wildman–Crippen LogP) is 3.87. The van der Waals surface area contributed by atoms with Gasteiger partial charge in [0.25, 0.3) is 5.91 Å². The molecule has 150 valence electrons. The number of hydrogen-bond acceptors (Lipinski definition) is 3. The van der Waals surface area contributed by atoms with Gasteiger partial charge in [-0.2, -0.15) is 5.10 Å². The smallest absolute Gasteiger partial charge is 0.275 e. The van der Waals surface area contributed by atoms with Gasteiger partial charge in [-0.1, -0.05) is 61.4 Å². The van der Waals surface area contributed by atoms with E-state index < -0.39 is 5.60 Å². The van der Waals surface area contributed by atoms with E-state index in [-0.39, 0.29) is 17.9 Å². The number of benzene rings is 2. The number of carbonyl (C=O) groups excluding carboxylic acids is 1. The topological polar surface area (TPSA) is 58.4 Å². The van der Waals surface area contributed by atoms with Crippen LogP contribution in [0.4, 0.5) is 0 Å². The van der Waals surface area contributed by atoms with Crippen LogP contribution in [0.15, 0.2) is 54.6 Å². The summed E-state index contributed by atoms with van der Waals surface area (Å²) in [6.07, 6.45) is 4.65. The Morgan fingerprint density at radius 3 is 2.62 bits per heavy atom. The molecule has 5 nitrogen and oxygen atoms in total. The summed E-state index contributed by atoms with van der Waals surface area (Å²) in [6.45, 7) is 0.552. The summed E-state index contributed by atoms with van der Waals surface area (Å²) in [5.41, 5.74) is 1.61. The maximum Gasteiger partial charge on any atom is 0.275 e. The Hall–Kier alpha value is -2.66. The number of nitrogens with zero attached hydrogens (tertiary/aromatic N) is 3. The van der Waals surface area contributed by atoms with Crippen LogP contribution in [-0.4, -0.2) is 38.3 Å². The van der Waals surface area contributed by atoms with Crippen molar-refractivity contribution in [1.29, 1.82) is 0 Å². The molecular formula is C24H27N3O2. The molecule has 1 saturated heterocycles. The lowest BCUT2D eigenvalue weighted by atomic mass is 9.66. The van der Waals surface area contributed by atoms with Crippen molar-refractivity contribution in [1.82, 2.24) is 14.7 Å². The number of carbonyl (C=O) groups is 1. The molecule has 0 spiro atoms.